The zero-order chi connectivity index (χ0) is 28.6. The first-order valence-electron chi connectivity index (χ1n) is 13.7. The molecule has 0 aliphatic carbocycles. The second kappa shape index (κ2) is 12.9. The third kappa shape index (κ3) is 6.58. The molecule has 0 spiro atoms. The van der Waals surface area contributed by atoms with E-state index in [1.807, 2.05) is 117 Å². The molecule has 0 aliphatic rings. The lowest BCUT2D eigenvalue weighted by atomic mass is 10.1. The van der Waals surface area contributed by atoms with Crippen LogP contribution in [0.1, 0.15) is 24.5 Å². The van der Waals surface area contributed by atoms with Crippen molar-refractivity contribution in [3.63, 3.8) is 0 Å². The van der Waals surface area contributed by atoms with E-state index in [9.17, 15) is 9.59 Å². The molecule has 5 rings (SSSR count). The third-order valence-corrected chi connectivity index (χ3v) is 6.88. The van der Waals surface area contributed by atoms with Crippen LogP contribution in [0.25, 0.3) is 22.3 Å². The molecule has 1 aromatic heterocycles. The highest BCUT2D eigenvalue weighted by atomic mass is 16.6. The standard InChI is InChI=1S/C34H32N4O3/c1-25-18-20-29(21-19-25)37(32(39)24-41-36-26(2)27-12-5-3-6-13-27)22-11-23-38-33(28-14-7-4-8-15-28)35-31-17-10-9-16-30(31)34(38)40/h3-10,12-21H,11,22-24H2,1-2H3. The number of carbonyl (C=O) groups excluding carboxylic acids is 1. The fourth-order valence-electron chi connectivity index (χ4n) is 4.69. The zero-order valence-corrected chi connectivity index (χ0v) is 23.2. The highest BCUT2D eigenvalue weighted by molar-refractivity contribution is 5.98. The quantitative estimate of drug-likeness (QED) is 0.154. The van der Waals surface area contributed by atoms with Crippen LogP contribution in [-0.2, 0) is 16.2 Å². The largest absolute Gasteiger partial charge is 0.385 e. The van der Waals surface area contributed by atoms with Crippen molar-refractivity contribution in [1.29, 1.82) is 0 Å². The van der Waals surface area contributed by atoms with Crippen molar-refractivity contribution in [2.45, 2.75) is 26.8 Å². The predicted octanol–water partition coefficient (Wildman–Crippen LogP) is 6.24. The van der Waals surface area contributed by atoms with E-state index in [1.54, 1.807) is 15.5 Å². The Hall–Kier alpha value is -5.04. The van der Waals surface area contributed by atoms with Gasteiger partial charge in [0.15, 0.2) is 6.61 Å². The van der Waals surface area contributed by atoms with Crippen LogP contribution in [0, 0.1) is 6.92 Å². The first kappa shape index (κ1) is 27.5. The van der Waals surface area contributed by atoms with Crippen LogP contribution in [0.3, 0.4) is 0 Å². The Morgan fingerprint density at radius 3 is 2.27 bits per heavy atom. The Kier molecular flexibility index (Phi) is 8.64. The number of benzene rings is 4. The van der Waals surface area contributed by atoms with Crippen molar-refractivity contribution >= 4 is 28.2 Å². The highest BCUT2D eigenvalue weighted by Crippen LogP contribution is 2.20. The first-order chi connectivity index (χ1) is 20.0. The van der Waals surface area contributed by atoms with E-state index in [0.717, 1.165) is 22.4 Å². The minimum atomic E-state index is -0.217. The topological polar surface area (TPSA) is 76.8 Å². The number of anilines is 1. The summed E-state index contributed by atoms with van der Waals surface area (Å²) in [5.74, 6) is 0.391. The monoisotopic (exact) mass is 544 g/mol. The van der Waals surface area contributed by atoms with Gasteiger partial charge in [0.25, 0.3) is 11.5 Å². The van der Waals surface area contributed by atoms with Gasteiger partial charge in [-0.15, -0.1) is 0 Å². The normalized spacial score (nSPS) is 11.4. The van der Waals surface area contributed by atoms with Crippen LogP contribution >= 0.6 is 0 Å². The molecule has 0 N–H and O–H groups in total. The molecule has 0 aliphatic heterocycles. The number of amides is 1. The molecule has 0 radical (unpaired) electrons. The summed E-state index contributed by atoms with van der Waals surface area (Å²) >= 11 is 0. The zero-order valence-electron chi connectivity index (χ0n) is 23.2. The average molecular weight is 545 g/mol. The fraction of sp³-hybridized carbons (Fsp3) is 0.176. The maximum atomic E-state index is 13.6. The summed E-state index contributed by atoms with van der Waals surface area (Å²) in [4.78, 5) is 38.9. The Bertz CT molecular complexity index is 1710. The van der Waals surface area contributed by atoms with Gasteiger partial charge in [-0.3, -0.25) is 14.2 Å². The van der Waals surface area contributed by atoms with Crippen LogP contribution in [0.2, 0.25) is 0 Å². The second-order valence-electron chi connectivity index (χ2n) is 9.83. The summed E-state index contributed by atoms with van der Waals surface area (Å²) in [5.41, 5.74) is 4.91. The van der Waals surface area contributed by atoms with Crippen molar-refractivity contribution in [3.05, 3.63) is 131 Å². The molecule has 0 bridgehead atoms. The molecule has 0 fully saturated rings. The van der Waals surface area contributed by atoms with E-state index in [4.69, 9.17) is 9.82 Å². The number of fused-ring (bicyclic) bond motifs is 1. The molecule has 4 aromatic carbocycles. The summed E-state index contributed by atoms with van der Waals surface area (Å²) in [6, 6.07) is 34.5. The molecule has 0 saturated heterocycles. The molecule has 1 amide bonds. The van der Waals surface area contributed by atoms with Gasteiger partial charge < -0.3 is 9.74 Å². The Morgan fingerprint density at radius 2 is 1.54 bits per heavy atom. The van der Waals surface area contributed by atoms with Crippen LogP contribution in [0.15, 0.2) is 119 Å². The Balaban J connectivity index is 1.36. The number of hydrogen-bond donors (Lipinski definition) is 0. The predicted molar refractivity (Wildman–Crippen MR) is 164 cm³/mol. The lowest BCUT2D eigenvalue weighted by molar-refractivity contribution is -0.123. The van der Waals surface area contributed by atoms with E-state index in [-0.39, 0.29) is 18.1 Å². The highest BCUT2D eigenvalue weighted by Gasteiger charge is 2.18. The minimum Gasteiger partial charge on any atom is -0.385 e. The molecule has 0 atom stereocenters. The Labute approximate surface area is 239 Å². The van der Waals surface area contributed by atoms with Crippen molar-refractivity contribution in [2.75, 3.05) is 18.1 Å². The van der Waals surface area contributed by atoms with Crippen molar-refractivity contribution in [3.8, 4) is 11.4 Å². The van der Waals surface area contributed by atoms with Gasteiger partial charge in [-0.05, 0) is 50.1 Å². The smallest absolute Gasteiger partial charge is 0.267 e. The average Bonchev–Trinajstić information content (AvgIpc) is 3.01. The van der Waals surface area contributed by atoms with Crippen molar-refractivity contribution in [1.82, 2.24) is 9.55 Å². The van der Waals surface area contributed by atoms with Crippen LogP contribution in [0.5, 0.6) is 0 Å². The van der Waals surface area contributed by atoms with E-state index in [1.165, 1.54) is 0 Å². The van der Waals surface area contributed by atoms with Gasteiger partial charge in [-0.2, -0.15) is 0 Å². The molecule has 5 aromatic rings. The molecule has 206 valence electrons. The van der Waals surface area contributed by atoms with E-state index in [2.05, 4.69) is 5.16 Å². The van der Waals surface area contributed by atoms with Gasteiger partial charge in [-0.25, -0.2) is 4.98 Å². The number of oxime groups is 1. The van der Waals surface area contributed by atoms with Gasteiger partial charge in [0.2, 0.25) is 0 Å². The van der Waals surface area contributed by atoms with E-state index in [0.29, 0.717) is 41.9 Å². The number of carbonyl (C=O) groups is 1. The van der Waals surface area contributed by atoms with E-state index < -0.39 is 0 Å². The summed E-state index contributed by atoms with van der Waals surface area (Å²) < 4.78 is 1.71. The van der Waals surface area contributed by atoms with Gasteiger partial charge >= 0.3 is 0 Å². The van der Waals surface area contributed by atoms with Gasteiger partial charge in [0.05, 0.1) is 16.6 Å². The molecule has 41 heavy (non-hydrogen) atoms. The molecule has 0 saturated carbocycles. The minimum absolute atomic E-state index is 0.100. The Morgan fingerprint density at radius 1 is 0.878 bits per heavy atom. The van der Waals surface area contributed by atoms with E-state index >= 15 is 0 Å². The first-order valence-corrected chi connectivity index (χ1v) is 13.7. The lowest BCUT2D eigenvalue weighted by Crippen LogP contribution is -2.35. The molecular formula is C34H32N4O3. The van der Waals surface area contributed by atoms with Crippen molar-refractivity contribution in [2.24, 2.45) is 5.16 Å². The fourth-order valence-corrected chi connectivity index (χ4v) is 4.69. The third-order valence-electron chi connectivity index (χ3n) is 6.88. The number of rotatable bonds is 10. The summed E-state index contributed by atoms with van der Waals surface area (Å²) in [7, 11) is 0. The van der Waals surface area contributed by atoms with Crippen molar-refractivity contribution < 1.29 is 9.63 Å². The summed E-state index contributed by atoms with van der Waals surface area (Å²) in [6.45, 7) is 4.43. The number of nitrogens with zero attached hydrogens (tertiary/aromatic N) is 4. The number of aryl methyl sites for hydroxylation is 1. The molecule has 1 heterocycles. The molecular weight excluding hydrogens is 512 g/mol. The van der Waals surface area contributed by atoms with Gasteiger partial charge in [-0.1, -0.05) is 95.6 Å². The molecule has 7 nitrogen and oxygen atoms in total. The summed E-state index contributed by atoms with van der Waals surface area (Å²) in [5, 5.41) is 4.72. The maximum Gasteiger partial charge on any atom is 0.267 e. The van der Waals surface area contributed by atoms with Crippen LogP contribution < -0.4 is 10.5 Å². The number of hydrogen-bond acceptors (Lipinski definition) is 5. The molecule has 7 heteroatoms. The summed E-state index contributed by atoms with van der Waals surface area (Å²) in [6.07, 6.45) is 0.533. The van der Waals surface area contributed by atoms with Gasteiger partial charge in [0, 0.05) is 24.3 Å². The van der Waals surface area contributed by atoms with Gasteiger partial charge in [0.1, 0.15) is 5.82 Å². The van der Waals surface area contributed by atoms with Crippen LogP contribution in [-0.4, -0.2) is 34.3 Å². The van der Waals surface area contributed by atoms with Crippen LogP contribution in [0.4, 0.5) is 5.69 Å². The maximum absolute atomic E-state index is 13.6. The SMILES string of the molecule is CC(=NOCC(=O)N(CCCn1c(-c2ccccc2)nc2ccccc2c1=O)c1ccc(C)cc1)c1ccccc1. The lowest BCUT2D eigenvalue weighted by Gasteiger charge is -2.23. The second-order valence-corrected chi connectivity index (χ2v) is 9.83. The number of para-hydroxylation sites is 1. The molecule has 0 unspecified atom stereocenters. The number of aromatic nitrogens is 2.